The molecule has 1 aromatic carbocycles. The van der Waals surface area contributed by atoms with E-state index in [-0.39, 0.29) is 36.8 Å². The summed E-state index contributed by atoms with van der Waals surface area (Å²) in [6.07, 6.45) is 6.42. The third-order valence-corrected chi connectivity index (χ3v) is 5.44. The molecule has 0 aliphatic carbocycles. The van der Waals surface area contributed by atoms with E-state index in [1.165, 1.54) is 6.42 Å². The molecule has 0 saturated carbocycles. The number of carbonyl (C=O) groups excluding carboxylic acids is 1. The van der Waals surface area contributed by atoms with E-state index >= 15 is 0 Å². The summed E-state index contributed by atoms with van der Waals surface area (Å²) in [5, 5.41) is 8.87. The average molecular weight is 412 g/mol. The number of hydrogen-bond donors (Lipinski definition) is 1. The Bertz CT molecular complexity index is 807. The first kappa shape index (κ1) is 21.5. The minimum atomic E-state index is 0. The normalized spacial score (nSPS) is 18.9. The lowest BCUT2D eigenvalue weighted by Crippen LogP contribution is -2.40. The van der Waals surface area contributed by atoms with Crippen LogP contribution in [0.1, 0.15) is 65.7 Å². The lowest BCUT2D eigenvalue weighted by molar-refractivity contribution is 0.0593. The van der Waals surface area contributed by atoms with Crippen molar-refractivity contribution in [1.82, 2.24) is 19.7 Å². The van der Waals surface area contributed by atoms with Crippen LogP contribution in [0.15, 0.2) is 18.2 Å². The Morgan fingerprint density at radius 1 is 1.11 bits per heavy atom. The number of fused-ring (bicyclic) bond motifs is 1. The van der Waals surface area contributed by atoms with Crippen molar-refractivity contribution in [2.45, 2.75) is 58.0 Å². The van der Waals surface area contributed by atoms with Gasteiger partial charge in [-0.15, -0.1) is 35.0 Å². The summed E-state index contributed by atoms with van der Waals surface area (Å²) in [6.45, 7) is 3.69. The van der Waals surface area contributed by atoms with Crippen LogP contribution in [-0.2, 0) is 13.0 Å². The SMILES string of the molecule is Cc1ccc(N)cc1C(=O)N1CCCCC1c1nnc2n1CCCC2.Cl.Cl. The average Bonchev–Trinajstić information content (AvgIpc) is 3.07. The van der Waals surface area contributed by atoms with Crippen molar-refractivity contribution in [3.63, 3.8) is 0 Å². The van der Waals surface area contributed by atoms with E-state index in [1.807, 2.05) is 24.0 Å². The van der Waals surface area contributed by atoms with Gasteiger partial charge in [0.05, 0.1) is 6.04 Å². The van der Waals surface area contributed by atoms with Gasteiger partial charge in [0.25, 0.3) is 5.91 Å². The molecule has 1 unspecified atom stereocenters. The predicted molar refractivity (Wildman–Crippen MR) is 111 cm³/mol. The molecule has 148 valence electrons. The van der Waals surface area contributed by atoms with E-state index in [4.69, 9.17) is 5.73 Å². The largest absolute Gasteiger partial charge is 0.399 e. The second kappa shape index (κ2) is 8.93. The van der Waals surface area contributed by atoms with Gasteiger partial charge in [-0.1, -0.05) is 6.07 Å². The number of aromatic nitrogens is 3. The van der Waals surface area contributed by atoms with Crippen molar-refractivity contribution < 1.29 is 4.79 Å². The van der Waals surface area contributed by atoms with Gasteiger partial charge in [-0.2, -0.15) is 0 Å². The number of nitrogens with zero attached hydrogens (tertiary/aromatic N) is 4. The zero-order chi connectivity index (χ0) is 17.4. The van der Waals surface area contributed by atoms with E-state index in [2.05, 4.69) is 14.8 Å². The van der Waals surface area contributed by atoms with E-state index in [1.54, 1.807) is 6.07 Å². The third-order valence-electron chi connectivity index (χ3n) is 5.44. The molecule has 1 aromatic heterocycles. The highest BCUT2D eigenvalue weighted by molar-refractivity contribution is 5.96. The number of carbonyl (C=O) groups is 1. The first-order valence-electron chi connectivity index (χ1n) is 9.24. The summed E-state index contributed by atoms with van der Waals surface area (Å²) in [5.41, 5.74) is 8.21. The molecule has 2 aromatic rings. The van der Waals surface area contributed by atoms with Gasteiger partial charge >= 0.3 is 0 Å². The van der Waals surface area contributed by atoms with Crippen LogP contribution in [0.5, 0.6) is 0 Å². The smallest absolute Gasteiger partial charge is 0.254 e. The highest BCUT2D eigenvalue weighted by atomic mass is 35.5. The molecule has 2 aliphatic heterocycles. The molecule has 0 spiro atoms. The second-order valence-electron chi connectivity index (χ2n) is 7.17. The van der Waals surface area contributed by atoms with Crippen molar-refractivity contribution in [2.75, 3.05) is 12.3 Å². The Morgan fingerprint density at radius 2 is 1.89 bits per heavy atom. The van der Waals surface area contributed by atoms with E-state index in [9.17, 15) is 4.79 Å². The maximum Gasteiger partial charge on any atom is 0.254 e. The molecule has 1 fully saturated rings. The molecule has 1 saturated heterocycles. The van der Waals surface area contributed by atoms with Crippen molar-refractivity contribution in [1.29, 1.82) is 0 Å². The zero-order valence-corrected chi connectivity index (χ0v) is 17.2. The summed E-state index contributed by atoms with van der Waals surface area (Å²) in [4.78, 5) is 15.2. The fourth-order valence-corrected chi connectivity index (χ4v) is 4.05. The number of anilines is 1. The first-order valence-corrected chi connectivity index (χ1v) is 9.24. The van der Waals surface area contributed by atoms with Gasteiger partial charge in [0.1, 0.15) is 5.82 Å². The molecule has 27 heavy (non-hydrogen) atoms. The number of rotatable bonds is 2. The number of halogens is 2. The number of benzene rings is 1. The fraction of sp³-hybridized carbons (Fsp3) is 0.526. The molecule has 1 amide bonds. The highest BCUT2D eigenvalue weighted by Gasteiger charge is 2.33. The van der Waals surface area contributed by atoms with Crippen LogP contribution < -0.4 is 5.73 Å². The Hall–Kier alpha value is -1.79. The number of hydrogen-bond acceptors (Lipinski definition) is 4. The monoisotopic (exact) mass is 411 g/mol. The molecule has 6 nitrogen and oxygen atoms in total. The minimum Gasteiger partial charge on any atom is -0.399 e. The quantitative estimate of drug-likeness (QED) is 0.763. The number of nitrogen functional groups attached to an aromatic ring is 1. The molecule has 1 atom stereocenters. The Labute approximate surface area is 172 Å². The summed E-state index contributed by atoms with van der Waals surface area (Å²) in [5.74, 6) is 2.09. The summed E-state index contributed by atoms with van der Waals surface area (Å²) >= 11 is 0. The number of likely N-dealkylation sites (tertiary alicyclic amines) is 1. The number of piperidine rings is 1. The van der Waals surface area contributed by atoms with Crippen LogP contribution in [0.2, 0.25) is 0 Å². The molecule has 4 rings (SSSR count). The van der Waals surface area contributed by atoms with Crippen molar-refractivity contribution in [2.24, 2.45) is 0 Å². The molecule has 2 N–H and O–H groups in total. The number of aryl methyl sites for hydroxylation is 2. The van der Waals surface area contributed by atoms with Crippen LogP contribution in [0.25, 0.3) is 0 Å². The van der Waals surface area contributed by atoms with Crippen LogP contribution >= 0.6 is 24.8 Å². The topological polar surface area (TPSA) is 77.0 Å². The lowest BCUT2D eigenvalue weighted by Gasteiger charge is -2.36. The lowest BCUT2D eigenvalue weighted by atomic mass is 9.98. The van der Waals surface area contributed by atoms with Crippen molar-refractivity contribution in [3.05, 3.63) is 41.0 Å². The van der Waals surface area contributed by atoms with E-state index in [0.29, 0.717) is 11.3 Å². The summed E-state index contributed by atoms with van der Waals surface area (Å²) in [6, 6.07) is 5.57. The van der Waals surface area contributed by atoms with Crippen LogP contribution in [0, 0.1) is 6.92 Å². The molecule has 8 heteroatoms. The standard InChI is InChI=1S/C19H25N5O.2ClH/c1-13-8-9-14(20)12-15(13)19(25)23-10-4-2-6-16(23)18-22-21-17-7-3-5-11-24(17)18;;/h8-9,12,16H,2-7,10-11,20H2,1H3;2*1H. The Kier molecular flexibility index (Phi) is 7.12. The molecule has 3 heterocycles. The summed E-state index contributed by atoms with van der Waals surface area (Å²) < 4.78 is 2.24. The summed E-state index contributed by atoms with van der Waals surface area (Å²) in [7, 11) is 0. The Morgan fingerprint density at radius 3 is 2.70 bits per heavy atom. The zero-order valence-electron chi connectivity index (χ0n) is 15.6. The van der Waals surface area contributed by atoms with Gasteiger partial charge in [0, 0.05) is 30.8 Å². The van der Waals surface area contributed by atoms with Crippen LogP contribution in [-0.4, -0.2) is 32.1 Å². The molecular weight excluding hydrogens is 385 g/mol. The van der Waals surface area contributed by atoms with Crippen molar-refractivity contribution >= 4 is 36.4 Å². The molecule has 2 aliphatic rings. The van der Waals surface area contributed by atoms with E-state index < -0.39 is 0 Å². The first-order chi connectivity index (χ1) is 12.1. The minimum absolute atomic E-state index is 0. The molecule has 0 bridgehead atoms. The predicted octanol–water partition coefficient (Wildman–Crippen LogP) is 3.72. The maximum absolute atomic E-state index is 13.3. The van der Waals surface area contributed by atoms with Gasteiger partial charge in [-0.3, -0.25) is 4.79 Å². The molecular formula is C19H27Cl2N5O. The number of amides is 1. The fourth-order valence-electron chi connectivity index (χ4n) is 4.05. The van der Waals surface area contributed by atoms with Crippen LogP contribution in [0.4, 0.5) is 5.69 Å². The van der Waals surface area contributed by atoms with Gasteiger partial charge in [0.15, 0.2) is 5.82 Å². The van der Waals surface area contributed by atoms with Gasteiger partial charge in [-0.25, -0.2) is 0 Å². The van der Waals surface area contributed by atoms with E-state index in [0.717, 1.165) is 62.4 Å². The van der Waals surface area contributed by atoms with Gasteiger partial charge in [0.2, 0.25) is 0 Å². The van der Waals surface area contributed by atoms with Gasteiger partial charge < -0.3 is 15.2 Å². The Balaban J connectivity index is 0.00000131. The highest BCUT2D eigenvalue weighted by Crippen LogP contribution is 2.33. The maximum atomic E-state index is 13.3. The second-order valence-corrected chi connectivity index (χ2v) is 7.17. The number of nitrogens with two attached hydrogens (primary N) is 1. The molecule has 0 radical (unpaired) electrons. The van der Waals surface area contributed by atoms with Crippen LogP contribution in [0.3, 0.4) is 0 Å². The third kappa shape index (κ3) is 4.06. The van der Waals surface area contributed by atoms with Crippen molar-refractivity contribution in [3.8, 4) is 0 Å². The van der Waals surface area contributed by atoms with Gasteiger partial charge in [-0.05, 0) is 56.7 Å².